The van der Waals surface area contributed by atoms with Crippen molar-refractivity contribution < 1.29 is 9.90 Å². The van der Waals surface area contributed by atoms with Crippen LogP contribution in [-0.4, -0.2) is 45.0 Å². The number of hydrogen-bond donors (Lipinski definition) is 2. The van der Waals surface area contributed by atoms with Gasteiger partial charge in [0.25, 0.3) is 0 Å². The molecule has 27 heavy (non-hydrogen) atoms. The lowest BCUT2D eigenvalue weighted by molar-refractivity contribution is -0.137. The molecular weight excluding hydrogens is 405 g/mol. The lowest BCUT2D eigenvalue weighted by Gasteiger charge is -2.39. The quantitative estimate of drug-likeness (QED) is 0.784. The number of rotatable bonds is 3. The summed E-state index contributed by atoms with van der Waals surface area (Å²) >= 11 is 14.0. The number of carbonyl (C=O) groups is 1. The number of piperidine rings is 1. The molecule has 2 aliphatic rings. The van der Waals surface area contributed by atoms with E-state index in [9.17, 15) is 9.90 Å². The van der Waals surface area contributed by atoms with Crippen LogP contribution >= 0.6 is 35.0 Å². The summed E-state index contributed by atoms with van der Waals surface area (Å²) in [6, 6.07) is 5.12. The first kappa shape index (κ1) is 18.9. The van der Waals surface area contributed by atoms with Crippen molar-refractivity contribution >= 4 is 45.8 Å². The Hall–Kier alpha value is -1.47. The van der Waals surface area contributed by atoms with E-state index in [1.807, 2.05) is 17.2 Å². The fourth-order valence-corrected chi connectivity index (χ4v) is 5.22. The number of likely N-dealkylation sites (tertiary alicyclic amines) is 1. The number of hydrogen-bond acceptors (Lipinski definition) is 4. The zero-order valence-corrected chi connectivity index (χ0v) is 16.8. The Morgan fingerprint density at radius 2 is 2.11 bits per heavy atom. The molecule has 8 heteroatoms. The molecule has 1 amide bonds. The summed E-state index contributed by atoms with van der Waals surface area (Å²) in [6.07, 6.45) is 6.50. The van der Waals surface area contributed by atoms with Crippen molar-refractivity contribution in [1.82, 2.24) is 15.1 Å². The van der Waals surface area contributed by atoms with E-state index in [-0.39, 0.29) is 11.8 Å². The minimum Gasteiger partial charge on any atom is -0.385 e. The molecule has 1 atom stereocenters. The number of aromatic nitrogens is 2. The Morgan fingerprint density at radius 1 is 1.33 bits per heavy atom. The Bertz CT molecular complexity index is 877. The van der Waals surface area contributed by atoms with Gasteiger partial charge in [-0.15, -0.1) is 11.8 Å². The number of thioether (sulfide) groups is 1. The van der Waals surface area contributed by atoms with E-state index in [2.05, 4.69) is 10.2 Å². The summed E-state index contributed by atoms with van der Waals surface area (Å²) in [7, 11) is 0. The number of H-pyrrole nitrogens is 1. The van der Waals surface area contributed by atoms with Crippen molar-refractivity contribution in [2.24, 2.45) is 5.92 Å². The van der Waals surface area contributed by atoms with E-state index in [1.165, 1.54) is 0 Å². The van der Waals surface area contributed by atoms with Crippen LogP contribution in [0.2, 0.25) is 10.0 Å². The first-order valence-corrected chi connectivity index (χ1v) is 10.5. The third-order valence-electron chi connectivity index (χ3n) is 5.20. The van der Waals surface area contributed by atoms with Gasteiger partial charge in [-0.3, -0.25) is 9.89 Å². The van der Waals surface area contributed by atoms with E-state index in [4.69, 9.17) is 23.2 Å². The van der Waals surface area contributed by atoms with Gasteiger partial charge in [-0.2, -0.15) is 5.10 Å². The number of carbonyl (C=O) groups excluding carboxylic acids is 1. The van der Waals surface area contributed by atoms with Gasteiger partial charge in [0.15, 0.2) is 0 Å². The van der Waals surface area contributed by atoms with Gasteiger partial charge in [0.2, 0.25) is 5.91 Å². The number of nitrogens with one attached hydrogen (secondary N) is 1. The highest BCUT2D eigenvalue weighted by Gasteiger charge is 2.38. The van der Waals surface area contributed by atoms with Gasteiger partial charge in [-0.25, -0.2) is 0 Å². The molecule has 1 fully saturated rings. The van der Waals surface area contributed by atoms with Gasteiger partial charge in [0.1, 0.15) is 0 Å². The van der Waals surface area contributed by atoms with Gasteiger partial charge in [0.05, 0.1) is 17.7 Å². The van der Waals surface area contributed by atoms with Gasteiger partial charge in [-0.1, -0.05) is 29.3 Å². The molecule has 1 unspecified atom stereocenters. The first-order chi connectivity index (χ1) is 13.0. The van der Waals surface area contributed by atoms with Crippen molar-refractivity contribution in [2.75, 3.05) is 18.8 Å². The SMILES string of the molecule is O=C(C1C=C(c2cn[nH]c2)SC1)N1CCC(O)(c2cc(Cl)ccc2Cl)CC1. The summed E-state index contributed by atoms with van der Waals surface area (Å²) in [5.74, 6) is 0.710. The van der Waals surface area contributed by atoms with Crippen molar-refractivity contribution in [2.45, 2.75) is 18.4 Å². The molecule has 2 N–H and O–H groups in total. The molecule has 0 aliphatic carbocycles. The second kappa shape index (κ2) is 7.51. The monoisotopic (exact) mass is 423 g/mol. The Labute approximate surface area is 171 Å². The zero-order chi connectivity index (χ0) is 19.0. The molecule has 1 aromatic heterocycles. The zero-order valence-electron chi connectivity index (χ0n) is 14.5. The van der Waals surface area contributed by atoms with Crippen molar-refractivity contribution in [3.63, 3.8) is 0 Å². The van der Waals surface area contributed by atoms with Gasteiger partial charge in [-0.05, 0) is 31.0 Å². The number of amides is 1. The Morgan fingerprint density at radius 3 is 2.81 bits per heavy atom. The smallest absolute Gasteiger partial charge is 0.230 e. The molecule has 0 radical (unpaired) electrons. The molecule has 1 aromatic carbocycles. The van der Waals surface area contributed by atoms with Gasteiger partial charge in [0, 0.05) is 51.1 Å². The number of benzene rings is 1. The lowest BCUT2D eigenvalue weighted by atomic mass is 9.84. The molecule has 0 saturated carbocycles. The number of aromatic amines is 1. The highest BCUT2D eigenvalue weighted by molar-refractivity contribution is 8.08. The van der Waals surface area contributed by atoms with Crippen LogP contribution < -0.4 is 0 Å². The van der Waals surface area contributed by atoms with Crippen LogP contribution in [-0.2, 0) is 10.4 Å². The average Bonchev–Trinajstić information content (AvgIpc) is 3.35. The predicted molar refractivity (Wildman–Crippen MR) is 109 cm³/mol. The minimum absolute atomic E-state index is 0.111. The highest BCUT2D eigenvalue weighted by Crippen LogP contribution is 2.40. The maximum absolute atomic E-state index is 12.9. The van der Waals surface area contributed by atoms with Crippen LogP contribution in [0.15, 0.2) is 36.7 Å². The topological polar surface area (TPSA) is 69.2 Å². The molecule has 0 bridgehead atoms. The standard InChI is InChI=1S/C19H19Cl2N3O2S/c20-14-1-2-16(21)15(8-14)19(26)3-5-24(6-4-19)18(25)12-7-17(27-11-12)13-9-22-23-10-13/h1-2,7-10,12,26H,3-6,11H2,(H,22,23). The highest BCUT2D eigenvalue weighted by atomic mass is 35.5. The molecule has 2 aromatic rings. The number of nitrogens with zero attached hydrogens (tertiary/aromatic N) is 2. The van der Waals surface area contributed by atoms with Crippen LogP contribution in [0.4, 0.5) is 0 Å². The maximum atomic E-state index is 12.9. The average molecular weight is 424 g/mol. The molecule has 0 spiro atoms. The fourth-order valence-electron chi connectivity index (χ4n) is 3.62. The summed E-state index contributed by atoms with van der Waals surface area (Å²) in [4.78, 5) is 15.8. The van der Waals surface area contributed by atoms with E-state index in [1.54, 1.807) is 36.2 Å². The minimum atomic E-state index is -1.05. The second-order valence-electron chi connectivity index (χ2n) is 6.92. The normalized spacial score (nSPS) is 22.0. The molecule has 142 valence electrons. The summed E-state index contributed by atoms with van der Waals surface area (Å²) in [5, 5.41) is 18.9. The predicted octanol–water partition coefficient (Wildman–Crippen LogP) is 3.93. The number of aliphatic hydroxyl groups is 1. The van der Waals surface area contributed by atoms with Crippen LogP contribution in [0.1, 0.15) is 24.0 Å². The Balaban J connectivity index is 1.43. The van der Waals surface area contributed by atoms with Gasteiger partial charge >= 0.3 is 0 Å². The third kappa shape index (κ3) is 3.76. The third-order valence-corrected chi connectivity index (χ3v) is 6.98. The van der Waals surface area contributed by atoms with Crippen LogP contribution in [0.25, 0.3) is 4.91 Å². The van der Waals surface area contributed by atoms with E-state index in [0.717, 1.165) is 16.2 Å². The molecule has 3 heterocycles. The van der Waals surface area contributed by atoms with E-state index < -0.39 is 5.60 Å². The summed E-state index contributed by atoms with van der Waals surface area (Å²) in [6.45, 7) is 0.989. The van der Waals surface area contributed by atoms with Crippen molar-refractivity contribution in [1.29, 1.82) is 0 Å². The van der Waals surface area contributed by atoms with Crippen LogP contribution in [0, 0.1) is 5.92 Å². The maximum Gasteiger partial charge on any atom is 0.230 e. The molecule has 5 nitrogen and oxygen atoms in total. The Kier molecular flexibility index (Phi) is 5.25. The molecule has 2 aliphatic heterocycles. The first-order valence-electron chi connectivity index (χ1n) is 8.77. The summed E-state index contributed by atoms with van der Waals surface area (Å²) < 4.78 is 0. The number of halogens is 2. The fraction of sp³-hybridized carbons (Fsp3) is 0.368. The van der Waals surface area contributed by atoms with E-state index >= 15 is 0 Å². The van der Waals surface area contributed by atoms with E-state index in [0.29, 0.717) is 41.5 Å². The van der Waals surface area contributed by atoms with Crippen LogP contribution in [0.3, 0.4) is 0 Å². The summed E-state index contributed by atoms with van der Waals surface area (Å²) in [5.41, 5.74) is 0.599. The molecule has 4 rings (SSSR count). The van der Waals surface area contributed by atoms with Gasteiger partial charge < -0.3 is 10.0 Å². The lowest BCUT2D eigenvalue weighted by Crippen LogP contribution is -2.47. The van der Waals surface area contributed by atoms with Crippen molar-refractivity contribution in [3.05, 3.63) is 57.8 Å². The molecule has 1 saturated heterocycles. The second-order valence-corrected chi connectivity index (χ2v) is 8.82. The van der Waals surface area contributed by atoms with Crippen LogP contribution in [0.5, 0.6) is 0 Å². The van der Waals surface area contributed by atoms with Crippen molar-refractivity contribution in [3.8, 4) is 0 Å². The largest absolute Gasteiger partial charge is 0.385 e. The molecular formula is C19H19Cl2N3O2S.